The molecule has 1 saturated carbocycles. The van der Waals surface area contributed by atoms with Gasteiger partial charge in [-0.15, -0.1) is 0 Å². The molecule has 1 fully saturated rings. The summed E-state index contributed by atoms with van der Waals surface area (Å²) in [4.78, 5) is 11.7. The van der Waals surface area contributed by atoms with Crippen molar-refractivity contribution >= 4 is 5.97 Å². The van der Waals surface area contributed by atoms with Gasteiger partial charge in [-0.05, 0) is 72.1 Å². The van der Waals surface area contributed by atoms with Crippen molar-refractivity contribution in [1.29, 1.82) is 0 Å². The molecule has 0 saturated heterocycles. The molecule has 1 aliphatic carbocycles. The fourth-order valence-corrected chi connectivity index (χ4v) is 3.90. The summed E-state index contributed by atoms with van der Waals surface area (Å²) in [5.74, 6) is 0.506. The van der Waals surface area contributed by atoms with E-state index in [2.05, 4.69) is 32.0 Å². The number of aryl methyl sites for hydroxylation is 1. The van der Waals surface area contributed by atoms with Gasteiger partial charge in [-0.2, -0.15) is 0 Å². The first-order chi connectivity index (χ1) is 13.6. The lowest BCUT2D eigenvalue weighted by molar-refractivity contribution is 0.0695. The van der Waals surface area contributed by atoms with Crippen LogP contribution in [0.25, 0.3) is 11.1 Å². The van der Waals surface area contributed by atoms with Gasteiger partial charge in [0.1, 0.15) is 5.75 Å². The molecule has 3 rings (SSSR count). The Bertz CT molecular complexity index is 773. The Labute approximate surface area is 169 Å². The molecule has 0 atom stereocenters. The monoisotopic (exact) mass is 382 g/mol. The molecule has 0 aromatic heterocycles. The minimum Gasteiger partial charge on any atom is -0.493 e. The van der Waals surface area contributed by atoms with Gasteiger partial charge in [0.2, 0.25) is 0 Å². The fraction of sp³-hybridized carbons (Fsp3) is 0.480. The van der Waals surface area contributed by atoms with Crippen LogP contribution in [0.1, 0.15) is 87.2 Å². The zero-order chi connectivity index (χ0) is 20.5. The number of carboxylic acids is 1. The number of benzene rings is 2. The van der Waals surface area contributed by atoms with Crippen LogP contribution in [0, 0.1) is 0 Å². The average molecular weight is 383 g/mol. The molecule has 1 aliphatic rings. The first-order valence-corrected chi connectivity index (χ1v) is 10.8. The highest BCUT2D eigenvalue weighted by molar-refractivity contribution is 5.90. The third kappa shape index (κ3) is 5.15. The van der Waals surface area contributed by atoms with Crippen molar-refractivity contribution < 1.29 is 14.6 Å². The van der Waals surface area contributed by atoms with E-state index < -0.39 is 5.97 Å². The molecule has 0 radical (unpaired) electrons. The van der Waals surface area contributed by atoms with Gasteiger partial charge in [0, 0.05) is 0 Å². The number of aromatic carboxylic acids is 1. The summed E-state index contributed by atoms with van der Waals surface area (Å²) in [6, 6.07) is 12.1. The highest BCUT2D eigenvalue weighted by Crippen LogP contribution is 2.38. The van der Waals surface area contributed by atoms with E-state index >= 15 is 0 Å². The number of rotatable bonds is 7. The molecule has 2 aromatic carbocycles. The van der Waals surface area contributed by atoms with Crippen LogP contribution in [0.4, 0.5) is 0 Å². The Balaban J connectivity index is 0.00000136. The first kappa shape index (κ1) is 22.0. The van der Waals surface area contributed by atoms with E-state index in [9.17, 15) is 9.90 Å². The van der Waals surface area contributed by atoms with Gasteiger partial charge < -0.3 is 9.84 Å². The third-order valence-corrected chi connectivity index (χ3v) is 5.31. The summed E-state index contributed by atoms with van der Waals surface area (Å²) < 4.78 is 5.85. The van der Waals surface area contributed by atoms with E-state index in [-0.39, 0.29) is 0 Å². The van der Waals surface area contributed by atoms with Crippen LogP contribution in [0.3, 0.4) is 0 Å². The summed E-state index contributed by atoms with van der Waals surface area (Å²) in [7, 11) is 0. The second-order valence-electron chi connectivity index (χ2n) is 7.11. The Kier molecular flexibility index (Phi) is 8.56. The van der Waals surface area contributed by atoms with Crippen molar-refractivity contribution in [2.45, 2.75) is 72.1 Å². The summed E-state index contributed by atoms with van der Waals surface area (Å²) in [6.45, 7) is 8.97. The van der Waals surface area contributed by atoms with E-state index in [1.54, 1.807) is 6.07 Å². The quantitative estimate of drug-likeness (QED) is 0.556. The van der Waals surface area contributed by atoms with Gasteiger partial charge in [-0.3, -0.25) is 0 Å². The molecule has 3 heteroatoms. The SMILES string of the molecule is CC.CCCOc1ccc(-c2ccc(C(=O)O)c(C3CCCC3)c2)cc1CC. The van der Waals surface area contributed by atoms with E-state index in [0.29, 0.717) is 11.5 Å². The molecule has 1 N–H and O–H groups in total. The number of hydrogen-bond donors (Lipinski definition) is 1. The standard InChI is InChI=1S/C23H28O3.C2H6/c1-3-13-26-22-12-10-18(14-16(22)4-2)19-9-11-20(23(24)25)21(15-19)17-7-5-6-8-17;1-2/h9-12,14-15,17H,3-8,13H2,1-2H3,(H,24,25);1-2H3. The van der Waals surface area contributed by atoms with Gasteiger partial charge >= 0.3 is 5.97 Å². The predicted octanol–water partition coefficient (Wildman–Crippen LogP) is 7.09. The summed E-state index contributed by atoms with van der Waals surface area (Å²) in [5, 5.41) is 9.57. The molecule has 2 aromatic rings. The maximum atomic E-state index is 11.7. The van der Waals surface area contributed by atoms with Crippen LogP contribution in [-0.2, 0) is 6.42 Å². The van der Waals surface area contributed by atoms with Gasteiger partial charge in [-0.25, -0.2) is 4.79 Å². The van der Waals surface area contributed by atoms with E-state index in [1.807, 2.05) is 26.0 Å². The molecule has 0 unspecified atom stereocenters. The normalized spacial score (nSPS) is 13.7. The predicted molar refractivity (Wildman–Crippen MR) is 117 cm³/mol. The molecular weight excluding hydrogens is 348 g/mol. The second kappa shape index (κ2) is 10.9. The lowest BCUT2D eigenvalue weighted by Crippen LogP contribution is -2.06. The van der Waals surface area contributed by atoms with Crippen LogP contribution >= 0.6 is 0 Å². The summed E-state index contributed by atoms with van der Waals surface area (Å²) >= 11 is 0. The van der Waals surface area contributed by atoms with Crippen LogP contribution in [-0.4, -0.2) is 17.7 Å². The van der Waals surface area contributed by atoms with E-state index in [0.717, 1.165) is 54.7 Å². The first-order valence-electron chi connectivity index (χ1n) is 10.8. The Morgan fingerprint density at radius 3 is 2.29 bits per heavy atom. The van der Waals surface area contributed by atoms with Crippen LogP contribution in [0.2, 0.25) is 0 Å². The van der Waals surface area contributed by atoms with Crippen molar-refractivity contribution in [3.8, 4) is 16.9 Å². The van der Waals surface area contributed by atoms with Gasteiger partial charge in [0.25, 0.3) is 0 Å². The molecule has 0 aliphatic heterocycles. The van der Waals surface area contributed by atoms with Crippen molar-refractivity contribution in [1.82, 2.24) is 0 Å². The summed E-state index contributed by atoms with van der Waals surface area (Å²) in [5.41, 5.74) is 4.87. The zero-order valence-electron chi connectivity index (χ0n) is 17.8. The highest BCUT2D eigenvalue weighted by Gasteiger charge is 2.23. The zero-order valence-corrected chi connectivity index (χ0v) is 17.8. The maximum Gasteiger partial charge on any atom is 0.335 e. The lowest BCUT2D eigenvalue weighted by atomic mass is 9.89. The molecule has 0 spiro atoms. The van der Waals surface area contributed by atoms with Crippen LogP contribution in [0.15, 0.2) is 36.4 Å². The minimum atomic E-state index is -0.823. The summed E-state index contributed by atoms with van der Waals surface area (Å²) in [6.07, 6.45) is 6.47. The molecule has 0 heterocycles. The van der Waals surface area contributed by atoms with Crippen molar-refractivity contribution in [2.24, 2.45) is 0 Å². The molecule has 3 nitrogen and oxygen atoms in total. The van der Waals surface area contributed by atoms with Gasteiger partial charge in [-0.1, -0.05) is 58.7 Å². The molecule has 0 amide bonds. The third-order valence-electron chi connectivity index (χ3n) is 5.31. The topological polar surface area (TPSA) is 46.5 Å². The smallest absolute Gasteiger partial charge is 0.335 e. The van der Waals surface area contributed by atoms with E-state index in [1.165, 1.54) is 18.4 Å². The molecule has 0 bridgehead atoms. The highest BCUT2D eigenvalue weighted by atomic mass is 16.5. The van der Waals surface area contributed by atoms with Crippen LogP contribution < -0.4 is 4.74 Å². The lowest BCUT2D eigenvalue weighted by Gasteiger charge is -2.16. The van der Waals surface area contributed by atoms with Crippen molar-refractivity contribution in [3.63, 3.8) is 0 Å². The number of carboxylic acid groups (broad SMARTS) is 1. The molecule has 28 heavy (non-hydrogen) atoms. The number of carbonyl (C=O) groups is 1. The molecule has 152 valence electrons. The fourth-order valence-electron chi connectivity index (χ4n) is 3.90. The average Bonchev–Trinajstić information content (AvgIpc) is 3.28. The minimum absolute atomic E-state index is 0.374. The van der Waals surface area contributed by atoms with E-state index in [4.69, 9.17) is 4.74 Å². The number of hydrogen-bond acceptors (Lipinski definition) is 2. The van der Waals surface area contributed by atoms with Gasteiger partial charge in [0.15, 0.2) is 0 Å². The largest absolute Gasteiger partial charge is 0.493 e. The van der Waals surface area contributed by atoms with Crippen molar-refractivity contribution in [2.75, 3.05) is 6.61 Å². The Morgan fingerprint density at radius 2 is 1.68 bits per heavy atom. The van der Waals surface area contributed by atoms with Gasteiger partial charge in [0.05, 0.1) is 12.2 Å². The molecular formula is C25H34O3. The van der Waals surface area contributed by atoms with Crippen molar-refractivity contribution in [3.05, 3.63) is 53.1 Å². The number of ether oxygens (including phenoxy) is 1. The second-order valence-corrected chi connectivity index (χ2v) is 7.11. The maximum absolute atomic E-state index is 11.7. The Hall–Kier alpha value is -2.29. The Morgan fingerprint density at radius 1 is 1.04 bits per heavy atom. The van der Waals surface area contributed by atoms with Crippen LogP contribution in [0.5, 0.6) is 5.75 Å².